The van der Waals surface area contributed by atoms with Crippen LogP contribution in [0.25, 0.3) is 22.3 Å². The third-order valence-corrected chi connectivity index (χ3v) is 4.10. The van der Waals surface area contributed by atoms with Gasteiger partial charge in [0, 0.05) is 22.8 Å². The number of pyridine rings is 1. The first kappa shape index (κ1) is 13.0. The van der Waals surface area contributed by atoms with Gasteiger partial charge in [-0.2, -0.15) is 0 Å². The van der Waals surface area contributed by atoms with Crippen LogP contribution in [0.5, 0.6) is 5.88 Å². The van der Waals surface area contributed by atoms with E-state index in [0.29, 0.717) is 18.8 Å². The molecule has 0 spiro atoms. The molecule has 3 aromatic rings. The van der Waals surface area contributed by atoms with Crippen LogP contribution in [0.3, 0.4) is 0 Å². The Hall–Kier alpha value is -2.66. The molecule has 0 radical (unpaired) electrons. The van der Waals surface area contributed by atoms with E-state index in [1.54, 1.807) is 17.7 Å². The first-order valence-electron chi connectivity index (χ1n) is 7.18. The van der Waals surface area contributed by atoms with Crippen molar-refractivity contribution in [3.63, 3.8) is 0 Å². The fraction of sp³-hybridized carbons (Fsp3) is 0.176. The Morgan fingerprint density at radius 2 is 1.95 bits per heavy atom. The molecule has 4 rings (SSSR count). The maximum Gasteiger partial charge on any atom is 0.263 e. The van der Waals surface area contributed by atoms with Crippen LogP contribution in [0.4, 0.5) is 0 Å². The average molecular weight is 293 g/mol. The average Bonchev–Trinajstić information content (AvgIpc) is 3.03. The Morgan fingerprint density at radius 3 is 2.68 bits per heavy atom. The molecule has 0 unspecified atom stereocenters. The molecule has 1 aliphatic heterocycles. The molecule has 0 saturated heterocycles. The maximum absolute atomic E-state index is 12.7. The van der Waals surface area contributed by atoms with Gasteiger partial charge in [-0.15, -0.1) is 0 Å². The Kier molecular flexibility index (Phi) is 2.77. The minimum atomic E-state index is -0.00848. The topological polar surface area (TPSA) is 70.1 Å². The Bertz CT molecular complexity index is 912. The Labute approximate surface area is 127 Å². The monoisotopic (exact) mass is 293 g/mol. The summed E-state index contributed by atoms with van der Waals surface area (Å²) in [5, 5.41) is 0. The summed E-state index contributed by atoms with van der Waals surface area (Å²) in [6.07, 6.45) is 0.667. The molecule has 110 valence electrons. The third-order valence-electron chi connectivity index (χ3n) is 4.10. The lowest BCUT2D eigenvalue weighted by molar-refractivity contribution is 0.0973. The highest BCUT2D eigenvalue weighted by atomic mass is 16.5. The fourth-order valence-electron chi connectivity index (χ4n) is 3.19. The smallest absolute Gasteiger partial charge is 0.263 e. The van der Waals surface area contributed by atoms with Gasteiger partial charge in [0.15, 0.2) is 0 Å². The SMILES string of the molecule is COc1ccc2c(n1)c(CCN)c1n2C(=O)c2ccccc2-1. The standard InChI is InChI=1S/C17H15N3O2/c1-22-14-7-6-13-15(19-14)12(8-9-18)16-10-4-2-3-5-11(10)17(21)20(13)16/h2-7H,8-9,18H2,1H3. The fourth-order valence-corrected chi connectivity index (χ4v) is 3.19. The van der Waals surface area contributed by atoms with Crippen LogP contribution in [0, 0.1) is 0 Å². The van der Waals surface area contributed by atoms with Gasteiger partial charge in [0.2, 0.25) is 5.88 Å². The van der Waals surface area contributed by atoms with Gasteiger partial charge >= 0.3 is 0 Å². The van der Waals surface area contributed by atoms with Gasteiger partial charge in [-0.05, 0) is 25.1 Å². The number of fused-ring (bicyclic) bond motifs is 5. The zero-order valence-electron chi connectivity index (χ0n) is 12.2. The van der Waals surface area contributed by atoms with Gasteiger partial charge in [0.05, 0.1) is 23.8 Å². The summed E-state index contributed by atoms with van der Waals surface area (Å²) in [6, 6.07) is 11.3. The summed E-state index contributed by atoms with van der Waals surface area (Å²) < 4.78 is 6.96. The van der Waals surface area contributed by atoms with Gasteiger partial charge in [-0.3, -0.25) is 9.36 Å². The first-order valence-corrected chi connectivity index (χ1v) is 7.18. The van der Waals surface area contributed by atoms with E-state index >= 15 is 0 Å². The van der Waals surface area contributed by atoms with Crippen LogP contribution in [0.2, 0.25) is 0 Å². The molecule has 0 saturated carbocycles. The van der Waals surface area contributed by atoms with E-state index in [9.17, 15) is 4.79 Å². The van der Waals surface area contributed by atoms with Crippen molar-refractivity contribution in [3.8, 4) is 17.1 Å². The minimum absolute atomic E-state index is 0.00848. The van der Waals surface area contributed by atoms with E-state index in [1.807, 2.05) is 30.3 Å². The van der Waals surface area contributed by atoms with E-state index < -0.39 is 0 Å². The van der Waals surface area contributed by atoms with Crippen molar-refractivity contribution >= 4 is 16.9 Å². The van der Waals surface area contributed by atoms with Crippen LogP contribution in [0.1, 0.15) is 15.9 Å². The number of rotatable bonds is 3. The van der Waals surface area contributed by atoms with Crippen LogP contribution in [0.15, 0.2) is 36.4 Å². The van der Waals surface area contributed by atoms with E-state index in [4.69, 9.17) is 10.5 Å². The summed E-state index contributed by atoms with van der Waals surface area (Å²) in [5.74, 6) is 0.529. The second kappa shape index (κ2) is 4.68. The Morgan fingerprint density at radius 1 is 1.18 bits per heavy atom. The summed E-state index contributed by atoms with van der Waals surface area (Å²) in [7, 11) is 1.58. The van der Waals surface area contributed by atoms with Crippen molar-refractivity contribution in [2.45, 2.75) is 6.42 Å². The number of nitrogens with zero attached hydrogens (tertiary/aromatic N) is 2. The molecular formula is C17H15N3O2. The largest absolute Gasteiger partial charge is 0.481 e. The Balaban J connectivity index is 2.12. The third kappa shape index (κ3) is 1.57. The molecule has 2 N–H and O–H groups in total. The summed E-state index contributed by atoms with van der Waals surface area (Å²) in [4.78, 5) is 17.3. The molecule has 0 aliphatic carbocycles. The second-order valence-electron chi connectivity index (χ2n) is 5.27. The van der Waals surface area contributed by atoms with Crippen LogP contribution in [-0.4, -0.2) is 29.1 Å². The van der Waals surface area contributed by atoms with Crippen molar-refractivity contribution in [1.29, 1.82) is 0 Å². The quantitative estimate of drug-likeness (QED) is 0.629. The van der Waals surface area contributed by atoms with Crippen molar-refractivity contribution in [1.82, 2.24) is 9.55 Å². The molecule has 0 atom stereocenters. The summed E-state index contributed by atoms with van der Waals surface area (Å²) in [6.45, 7) is 0.501. The van der Waals surface area contributed by atoms with Crippen molar-refractivity contribution in [2.75, 3.05) is 13.7 Å². The molecule has 1 aromatic carbocycles. The lowest BCUT2D eigenvalue weighted by atomic mass is 10.0. The molecule has 22 heavy (non-hydrogen) atoms. The number of ether oxygens (including phenoxy) is 1. The van der Waals surface area contributed by atoms with E-state index in [1.165, 1.54) is 0 Å². The zero-order chi connectivity index (χ0) is 15.3. The highest BCUT2D eigenvalue weighted by molar-refractivity contribution is 6.15. The summed E-state index contributed by atoms with van der Waals surface area (Å²) >= 11 is 0. The van der Waals surface area contributed by atoms with Crippen molar-refractivity contribution < 1.29 is 9.53 Å². The predicted molar refractivity (Wildman–Crippen MR) is 84.2 cm³/mol. The van der Waals surface area contributed by atoms with E-state index in [0.717, 1.165) is 33.4 Å². The highest BCUT2D eigenvalue weighted by Gasteiger charge is 2.32. The zero-order valence-corrected chi connectivity index (χ0v) is 12.2. The number of carbonyl (C=O) groups excluding carboxylic acids is 1. The first-order chi connectivity index (χ1) is 10.8. The van der Waals surface area contributed by atoms with Crippen LogP contribution >= 0.6 is 0 Å². The van der Waals surface area contributed by atoms with Gasteiger partial charge in [0.25, 0.3) is 5.91 Å². The number of hydrogen-bond acceptors (Lipinski definition) is 4. The number of methoxy groups -OCH3 is 1. The number of nitrogens with two attached hydrogens (primary N) is 1. The number of aromatic nitrogens is 2. The molecule has 5 heteroatoms. The molecule has 3 heterocycles. The lowest BCUT2D eigenvalue weighted by Gasteiger charge is -2.03. The molecular weight excluding hydrogens is 278 g/mol. The van der Waals surface area contributed by atoms with Gasteiger partial charge in [-0.1, -0.05) is 18.2 Å². The number of benzene rings is 1. The number of hydrogen-bond donors (Lipinski definition) is 1. The van der Waals surface area contributed by atoms with Gasteiger partial charge in [-0.25, -0.2) is 4.98 Å². The second-order valence-corrected chi connectivity index (χ2v) is 5.27. The highest BCUT2D eigenvalue weighted by Crippen LogP contribution is 2.40. The van der Waals surface area contributed by atoms with Crippen LogP contribution < -0.4 is 10.5 Å². The van der Waals surface area contributed by atoms with Crippen molar-refractivity contribution in [3.05, 3.63) is 47.5 Å². The maximum atomic E-state index is 12.7. The summed E-state index contributed by atoms with van der Waals surface area (Å²) in [5.41, 5.74) is 11.0. The van der Waals surface area contributed by atoms with E-state index in [2.05, 4.69) is 4.98 Å². The van der Waals surface area contributed by atoms with Crippen LogP contribution in [-0.2, 0) is 6.42 Å². The molecule has 0 bridgehead atoms. The molecule has 1 aliphatic rings. The normalized spacial score (nSPS) is 12.5. The lowest BCUT2D eigenvalue weighted by Crippen LogP contribution is -2.06. The molecule has 0 amide bonds. The minimum Gasteiger partial charge on any atom is -0.481 e. The molecule has 2 aromatic heterocycles. The molecule has 5 nitrogen and oxygen atoms in total. The van der Waals surface area contributed by atoms with Crippen molar-refractivity contribution in [2.24, 2.45) is 5.73 Å². The van der Waals surface area contributed by atoms with Gasteiger partial charge < -0.3 is 10.5 Å². The van der Waals surface area contributed by atoms with Gasteiger partial charge in [0.1, 0.15) is 0 Å². The van der Waals surface area contributed by atoms with E-state index in [-0.39, 0.29) is 5.91 Å². The molecule has 0 fully saturated rings. The number of carbonyl (C=O) groups is 1. The predicted octanol–water partition coefficient (Wildman–Crippen LogP) is 2.21.